The van der Waals surface area contributed by atoms with E-state index < -0.39 is 0 Å². The standard InChI is InChI=1S/C18H32N2/c1-5-7-8-16(6-2)14-20(15(3)4)18-11-9-17(13-19)10-12-18/h9-12,15-16H,5-8,13-14,19H2,1-4H3. The molecule has 1 rings (SSSR count). The van der Waals surface area contributed by atoms with Crippen LogP contribution >= 0.6 is 0 Å². The van der Waals surface area contributed by atoms with Gasteiger partial charge in [0.25, 0.3) is 0 Å². The second-order valence-electron chi connectivity index (χ2n) is 6.03. The number of nitrogens with two attached hydrogens (primary N) is 1. The van der Waals surface area contributed by atoms with Crippen molar-refractivity contribution in [1.29, 1.82) is 0 Å². The van der Waals surface area contributed by atoms with Crippen LogP contribution in [0, 0.1) is 5.92 Å². The average Bonchev–Trinajstić information content (AvgIpc) is 2.47. The molecule has 0 aliphatic heterocycles. The van der Waals surface area contributed by atoms with E-state index in [1.807, 2.05) is 0 Å². The van der Waals surface area contributed by atoms with E-state index in [-0.39, 0.29) is 0 Å². The molecule has 0 saturated carbocycles. The predicted octanol–water partition coefficient (Wildman–Crippen LogP) is 4.58. The van der Waals surface area contributed by atoms with E-state index in [0.717, 1.165) is 12.5 Å². The van der Waals surface area contributed by atoms with Crippen LogP contribution in [0.25, 0.3) is 0 Å². The molecule has 2 N–H and O–H groups in total. The van der Waals surface area contributed by atoms with Gasteiger partial charge in [-0.3, -0.25) is 0 Å². The molecule has 20 heavy (non-hydrogen) atoms. The van der Waals surface area contributed by atoms with Crippen LogP contribution in [0.3, 0.4) is 0 Å². The van der Waals surface area contributed by atoms with Crippen LogP contribution in [0.5, 0.6) is 0 Å². The molecule has 0 bridgehead atoms. The Balaban J connectivity index is 2.76. The van der Waals surface area contributed by atoms with Gasteiger partial charge in [-0.05, 0) is 43.9 Å². The molecule has 0 saturated heterocycles. The highest BCUT2D eigenvalue weighted by Gasteiger charge is 2.15. The molecule has 0 aromatic heterocycles. The van der Waals surface area contributed by atoms with Gasteiger partial charge in [0.1, 0.15) is 0 Å². The monoisotopic (exact) mass is 276 g/mol. The predicted molar refractivity (Wildman–Crippen MR) is 90.1 cm³/mol. The van der Waals surface area contributed by atoms with Gasteiger partial charge in [-0.1, -0.05) is 45.2 Å². The Hall–Kier alpha value is -1.02. The number of benzene rings is 1. The van der Waals surface area contributed by atoms with Crippen molar-refractivity contribution in [2.45, 2.75) is 66.0 Å². The molecular formula is C18H32N2. The van der Waals surface area contributed by atoms with Crippen LogP contribution in [0.4, 0.5) is 5.69 Å². The highest BCUT2D eigenvalue weighted by atomic mass is 15.2. The SMILES string of the molecule is CCCCC(CC)CN(c1ccc(CN)cc1)C(C)C. The average molecular weight is 276 g/mol. The van der Waals surface area contributed by atoms with E-state index in [4.69, 9.17) is 5.73 Å². The quantitative estimate of drug-likeness (QED) is 0.715. The Morgan fingerprint density at radius 3 is 2.20 bits per heavy atom. The molecule has 0 aliphatic carbocycles. The fourth-order valence-corrected chi connectivity index (χ4v) is 2.63. The number of unbranched alkanes of at least 4 members (excludes halogenated alkanes) is 1. The molecule has 1 aromatic carbocycles. The zero-order chi connectivity index (χ0) is 15.0. The molecule has 0 heterocycles. The van der Waals surface area contributed by atoms with Crippen molar-refractivity contribution in [3.63, 3.8) is 0 Å². The lowest BCUT2D eigenvalue weighted by Gasteiger charge is -2.33. The summed E-state index contributed by atoms with van der Waals surface area (Å²) in [4.78, 5) is 2.53. The van der Waals surface area contributed by atoms with Gasteiger partial charge >= 0.3 is 0 Å². The molecule has 1 atom stereocenters. The summed E-state index contributed by atoms with van der Waals surface area (Å²) in [7, 11) is 0. The van der Waals surface area contributed by atoms with Gasteiger partial charge in [0, 0.05) is 24.8 Å². The largest absolute Gasteiger partial charge is 0.369 e. The Labute approximate surface area is 125 Å². The minimum absolute atomic E-state index is 0.536. The molecule has 0 spiro atoms. The number of anilines is 1. The maximum Gasteiger partial charge on any atom is 0.0368 e. The van der Waals surface area contributed by atoms with Crippen LogP contribution in [-0.4, -0.2) is 12.6 Å². The Bertz CT molecular complexity index is 356. The zero-order valence-corrected chi connectivity index (χ0v) is 13.7. The summed E-state index contributed by atoms with van der Waals surface area (Å²) in [6, 6.07) is 9.27. The van der Waals surface area contributed by atoms with E-state index in [1.165, 1.54) is 36.9 Å². The minimum atomic E-state index is 0.536. The number of nitrogens with zero attached hydrogens (tertiary/aromatic N) is 1. The maximum absolute atomic E-state index is 5.68. The Morgan fingerprint density at radius 1 is 1.10 bits per heavy atom. The fourth-order valence-electron chi connectivity index (χ4n) is 2.63. The molecule has 0 aliphatic rings. The van der Waals surface area contributed by atoms with Crippen LogP contribution in [0.1, 0.15) is 58.9 Å². The second-order valence-corrected chi connectivity index (χ2v) is 6.03. The number of rotatable bonds is 9. The van der Waals surface area contributed by atoms with Crippen molar-refractivity contribution in [2.24, 2.45) is 11.7 Å². The molecule has 2 heteroatoms. The van der Waals surface area contributed by atoms with Gasteiger partial charge in [0.05, 0.1) is 0 Å². The van der Waals surface area contributed by atoms with E-state index >= 15 is 0 Å². The molecule has 2 nitrogen and oxygen atoms in total. The fraction of sp³-hybridized carbons (Fsp3) is 0.667. The van der Waals surface area contributed by atoms with E-state index in [1.54, 1.807) is 0 Å². The van der Waals surface area contributed by atoms with Gasteiger partial charge in [0.2, 0.25) is 0 Å². The van der Waals surface area contributed by atoms with E-state index in [0.29, 0.717) is 12.6 Å². The van der Waals surface area contributed by atoms with Crippen molar-refractivity contribution in [1.82, 2.24) is 0 Å². The van der Waals surface area contributed by atoms with Crippen LogP contribution < -0.4 is 10.6 Å². The lowest BCUT2D eigenvalue weighted by molar-refractivity contribution is 0.435. The van der Waals surface area contributed by atoms with Crippen LogP contribution in [0.2, 0.25) is 0 Å². The third-order valence-corrected chi connectivity index (χ3v) is 4.13. The van der Waals surface area contributed by atoms with E-state index in [9.17, 15) is 0 Å². The Kier molecular flexibility index (Phi) is 7.68. The molecule has 114 valence electrons. The van der Waals surface area contributed by atoms with Crippen molar-refractivity contribution >= 4 is 5.69 Å². The smallest absolute Gasteiger partial charge is 0.0368 e. The summed E-state index contributed by atoms with van der Waals surface area (Å²) in [6.45, 7) is 10.9. The van der Waals surface area contributed by atoms with Gasteiger partial charge in [-0.25, -0.2) is 0 Å². The second kappa shape index (κ2) is 9.02. The summed E-state index contributed by atoms with van der Waals surface area (Å²) in [6.07, 6.45) is 5.25. The lowest BCUT2D eigenvalue weighted by atomic mass is 9.97. The highest BCUT2D eigenvalue weighted by molar-refractivity contribution is 5.48. The van der Waals surface area contributed by atoms with E-state index in [2.05, 4.69) is 56.9 Å². The first-order valence-corrected chi connectivity index (χ1v) is 8.17. The van der Waals surface area contributed by atoms with Crippen LogP contribution in [-0.2, 0) is 6.54 Å². The van der Waals surface area contributed by atoms with Crippen molar-refractivity contribution in [2.75, 3.05) is 11.4 Å². The van der Waals surface area contributed by atoms with Crippen LogP contribution in [0.15, 0.2) is 24.3 Å². The molecular weight excluding hydrogens is 244 g/mol. The summed E-state index contributed by atoms with van der Waals surface area (Å²) < 4.78 is 0. The van der Waals surface area contributed by atoms with Crippen molar-refractivity contribution < 1.29 is 0 Å². The highest BCUT2D eigenvalue weighted by Crippen LogP contribution is 2.22. The van der Waals surface area contributed by atoms with Gasteiger partial charge in [-0.15, -0.1) is 0 Å². The number of hydrogen-bond acceptors (Lipinski definition) is 2. The van der Waals surface area contributed by atoms with Crippen molar-refractivity contribution in [3.05, 3.63) is 29.8 Å². The summed E-state index contributed by atoms with van der Waals surface area (Å²) in [5.41, 5.74) is 8.21. The maximum atomic E-state index is 5.68. The first-order chi connectivity index (χ1) is 9.62. The van der Waals surface area contributed by atoms with Gasteiger partial charge < -0.3 is 10.6 Å². The normalized spacial score (nSPS) is 12.7. The zero-order valence-electron chi connectivity index (χ0n) is 13.7. The molecule has 1 aromatic rings. The third kappa shape index (κ3) is 5.16. The summed E-state index contributed by atoms with van der Waals surface area (Å²) >= 11 is 0. The van der Waals surface area contributed by atoms with Gasteiger partial charge in [0.15, 0.2) is 0 Å². The molecule has 0 amide bonds. The minimum Gasteiger partial charge on any atom is -0.369 e. The molecule has 0 fully saturated rings. The lowest BCUT2D eigenvalue weighted by Crippen LogP contribution is -2.35. The summed E-state index contributed by atoms with van der Waals surface area (Å²) in [5.74, 6) is 0.798. The Morgan fingerprint density at radius 2 is 1.75 bits per heavy atom. The molecule has 0 radical (unpaired) electrons. The first kappa shape index (κ1) is 17.0. The third-order valence-electron chi connectivity index (χ3n) is 4.13. The number of hydrogen-bond donors (Lipinski definition) is 1. The molecule has 1 unspecified atom stereocenters. The van der Waals surface area contributed by atoms with Gasteiger partial charge in [-0.2, -0.15) is 0 Å². The van der Waals surface area contributed by atoms with Crippen molar-refractivity contribution in [3.8, 4) is 0 Å². The first-order valence-electron chi connectivity index (χ1n) is 8.17. The summed E-state index contributed by atoms with van der Waals surface area (Å²) in [5, 5.41) is 0. The topological polar surface area (TPSA) is 29.3 Å².